The largest absolute Gasteiger partial charge is 0.351 e. The molecule has 0 bridgehead atoms. The van der Waals surface area contributed by atoms with E-state index in [4.69, 9.17) is 0 Å². The first-order valence-electron chi connectivity index (χ1n) is 6.71. The molecule has 1 saturated heterocycles. The van der Waals surface area contributed by atoms with E-state index in [1.807, 2.05) is 4.90 Å². The van der Waals surface area contributed by atoms with E-state index < -0.39 is 0 Å². The van der Waals surface area contributed by atoms with Crippen molar-refractivity contribution in [3.8, 4) is 0 Å². The first-order valence-corrected chi connectivity index (χ1v) is 6.71. The predicted molar refractivity (Wildman–Crippen MR) is 68.4 cm³/mol. The Morgan fingerprint density at radius 3 is 2.44 bits per heavy atom. The van der Waals surface area contributed by atoms with E-state index in [0.29, 0.717) is 17.6 Å². The number of likely N-dealkylation sites (tertiary alicyclic amines) is 1. The molecule has 18 heavy (non-hydrogen) atoms. The quantitative estimate of drug-likeness (QED) is 0.881. The summed E-state index contributed by atoms with van der Waals surface area (Å²) in [5, 5.41) is 3.21. The highest BCUT2D eigenvalue weighted by molar-refractivity contribution is 5.93. The standard InChI is InChI=1S/C13H18N4O/c18-12(17-6-2-1-3-7-17)10-8-14-13(15-9-10)16-11-4-5-11/h8-9,11H,1-7H2,(H,14,15,16). The lowest BCUT2D eigenvalue weighted by Crippen LogP contribution is -2.35. The van der Waals surface area contributed by atoms with Crippen molar-refractivity contribution in [1.29, 1.82) is 0 Å². The number of amides is 1. The summed E-state index contributed by atoms with van der Waals surface area (Å²) in [7, 11) is 0. The van der Waals surface area contributed by atoms with Gasteiger partial charge in [-0.1, -0.05) is 0 Å². The number of hydrogen-bond acceptors (Lipinski definition) is 4. The zero-order valence-corrected chi connectivity index (χ0v) is 10.4. The summed E-state index contributed by atoms with van der Waals surface area (Å²) in [5.74, 6) is 0.695. The highest BCUT2D eigenvalue weighted by Gasteiger charge is 2.22. The second-order valence-corrected chi connectivity index (χ2v) is 5.07. The van der Waals surface area contributed by atoms with Gasteiger partial charge in [0.25, 0.3) is 5.91 Å². The highest BCUT2D eigenvalue weighted by Crippen LogP contribution is 2.22. The molecule has 0 radical (unpaired) electrons. The van der Waals surface area contributed by atoms with Crippen LogP contribution < -0.4 is 5.32 Å². The minimum absolute atomic E-state index is 0.0627. The first kappa shape index (κ1) is 11.4. The number of nitrogens with one attached hydrogen (secondary N) is 1. The van der Waals surface area contributed by atoms with Crippen LogP contribution in [0.3, 0.4) is 0 Å². The molecule has 1 saturated carbocycles. The number of anilines is 1. The molecule has 0 atom stereocenters. The van der Waals surface area contributed by atoms with Crippen molar-refractivity contribution in [3.63, 3.8) is 0 Å². The second-order valence-electron chi connectivity index (χ2n) is 5.07. The summed E-state index contributed by atoms with van der Waals surface area (Å²) < 4.78 is 0. The van der Waals surface area contributed by atoms with E-state index in [9.17, 15) is 4.79 Å². The summed E-state index contributed by atoms with van der Waals surface area (Å²) in [6.07, 6.45) is 9.09. The van der Waals surface area contributed by atoms with E-state index in [1.165, 1.54) is 19.3 Å². The third-order valence-electron chi connectivity index (χ3n) is 3.45. The minimum atomic E-state index is 0.0627. The van der Waals surface area contributed by atoms with Gasteiger partial charge in [-0.15, -0.1) is 0 Å². The van der Waals surface area contributed by atoms with Crippen LogP contribution in [0.5, 0.6) is 0 Å². The van der Waals surface area contributed by atoms with Gasteiger partial charge in [0.1, 0.15) is 0 Å². The van der Waals surface area contributed by atoms with Crippen molar-refractivity contribution in [3.05, 3.63) is 18.0 Å². The van der Waals surface area contributed by atoms with Crippen LogP contribution in [0.2, 0.25) is 0 Å². The fourth-order valence-corrected chi connectivity index (χ4v) is 2.20. The van der Waals surface area contributed by atoms with E-state index in [-0.39, 0.29) is 5.91 Å². The SMILES string of the molecule is O=C(c1cnc(NC2CC2)nc1)N1CCCCC1. The van der Waals surface area contributed by atoms with Crippen molar-refractivity contribution in [2.45, 2.75) is 38.1 Å². The Kier molecular flexibility index (Phi) is 3.13. The smallest absolute Gasteiger partial charge is 0.256 e. The molecule has 0 aromatic carbocycles. The van der Waals surface area contributed by atoms with Gasteiger partial charge in [-0.2, -0.15) is 0 Å². The first-order chi connectivity index (χ1) is 8.83. The van der Waals surface area contributed by atoms with E-state index in [0.717, 1.165) is 25.9 Å². The van der Waals surface area contributed by atoms with E-state index >= 15 is 0 Å². The van der Waals surface area contributed by atoms with Gasteiger partial charge in [-0.25, -0.2) is 9.97 Å². The molecule has 1 aromatic heterocycles. The van der Waals surface area contributed by atoms with Gasteiger partial charge in [0.2, 0.25) is 5.95 Å². The Hall–Kier alpha value is -1.65. The second kappa shape index (κ2) is 4.92. The molecular formula is C13H18N4O. The van der Waals surface area contributed by atoms with Gasteiger partial charge in [0.15, 0.2) is 0 Å². The van der Waals surface area contributed by atoms with Crippen LogP contribution in [0.1, 0.15) is 42.5 Å². The molecule has 2 heterocycles. The lowest BCUT2D eigenvalue weighted by molar-refractivity contribution is 0.0723. The van der Waals surface area contributed by atoms with Gasteiger partial charge >= 0.3 is 0 Å². The molecule has 2 fully saturated rings. The van der Waals surface area contributed by atoms with Gasteiger partial charge in [0, 0.05) is 31.5 Å². The molecule has 2 aliphatic rings. The number of carbonyl (C=O) groups excluding carboxylic acids is 1. The van der Waals surface area contributed by atoms with Crippen LogP contribution in [0.4, 0.5) is 5.95 Å². The number of piperidine rings is 1. The fraction of sp³-hybridized carbons (Fsp3) is 0.615. The Labute approximate surface area is 107 Å². The third kappa shape index (κ3) is 2.60. The van der Waals surface area contributed by atoms with E-state index in [1.54, 1.807) is 12.4 Å². The van der Waals surface area contributed by atoms with Crippen molar-refractivity contribution >= 4 is 11.9 Å². The summed E-state index contributed by atoms with van der Waals surface area (Å²) >= 11 is 0. The molecule has 1 amide bonds. The maximum Gasteiger partial charge on any atom is 0.256 e. The van der Waals surface area contributed by atoms with Crippen LogP contribution in [0.15, 0.2) is 12.4 Å². The van der Waals surface area contributed by atoms with Crippen LogP contribution in [-0.4, -0.2) is 39.9 Å². The zero-order valence-electron chi connectivity index (χ0n) is 10.4. The molecule has 1 aromatic rings. The predicted octanol–water partition coefficient (Wildman–Crippen LogP) is 1.68. The van der Waals surface area contributed by atoms with Gasteiger partial charge in [0.05, 0.1) is 5.56 Å². The molecule has 0 spiro atoms. The van der Waals surface area contributed by atoms with Crippen molar-refractivity contribution in [1.82, 2.24) is 14.9 Å². The molecule has 1 aliphatic carbocycles. The van der Waals surface area contributed by atoms with Crippen molar-refractivity contribution < 1.29 is 4.79 Å². The average molecular weight is 246 g/mol. The van der Waals surface area contributed by atoms with E-state index in [2.05, 4.69) is 15.3 Å². The number of nitrogens with zero attached hydrogens (tertiary/aromatic N) is 3. The summed E-state index contributed by atoms with van der Waals surface area (Å²) in [6, 6.07) is 0.536. The maximum atomic E-state index is 12.2. The maximum absolute atomic E-state index is 12.2. The lowest BCUT2D eigenvalue weighted by Gasteiger charge is -2.26. The highest BCUT2D eigenvalue weighted by atomic mass is 16.2. The Morgan fingerprint density at radius 1 is 1.17 bits per heavy atom. The van der Waals surface area contributed by atoms with Gasteiger partial charge in [-0.3, -0.25) is 4.79 Å². The number of carbonyl (C=O) groups is 1. The Bertz CT molecular complexity index is 421. The molecule has 5 heteroatoms. The molecular weight excluding hydrogens is 228 g/mol. The molecule has 5 nitrogen and oxygen atoms in total. The molecule has 0 unspecified atom stereocenters. The monoisotopic (exact) mass is 246 g/mol. The Morgan fingerprint density at radius 2 is 1.83 bits per heavy atom. The topological polar surface area (TPSA) is 58.1 Å². The summed E-state index contributed by atoms with van der Waals surface area (Å²) in [5.41, 5.74) is 0.596. The van der Waals surface area contributed by atoms with Crippen molar-refractivity contribution in [2.75, 3.05) is 18.4 Å². The van der Waals surface area contributed by atoms with Gasteiger partial charge < -0.3 is 10.2 Å². The molecule has 3 rings (SSSR count). The number of rotatable bonds is 3. The normalized spacial score (nSPS) is 19.7. The number of aromatic nitrogens is 2. The molecule has 96 valence electrons. The third-order valence-corrected chi connectivity index (χ3v) is 3.45. The van der Waals surface area contributed by atoms with Crippen LogP contribution >= 0.6 is 0 Å². The minimum Gasteiger partial charge on any atom is -0.351 e. The Balaban J connectivity index is 1.65. The number of hydrogen-bond donors (Lipinski definition) is 1. The van der Waals surface area contributed by atoms with Crippen LogP contribution in [-0.2, 0) is 0 Å². The van der Waals surface area contributed by atoms with Gasteiger partial charge in [-0.05, 0) is 32.1 Å². The van der Waals surface area contributed by atoms with Crippen LogP contribution in [0, 0.1) is 0 Å². The molecule has 1 aliphatic heterocycles. The average Bonchev–Trinajstić information content (AvgIpc) is 3.24. The fourth-order valence-electron chi connectivity index (χ4n) is 2.20. The van der Waals surface area contributed by atoms with Crippen molar-refractivity contribution in [2.24, 2.45) is 0 Å². The molecule has 1 N–H and O–H groups in total. The lowest BCUT2D eigenvalue weighted by atomic mass is 10.1. The zero-order chi connectivity index (χ0) is 12.4. The van der Waals surface area contributed by atoms with Crippen LogP contribution in [0.25, 0.3) is 0 Å². The summed E-state index contributed by atoms with van der Waals surface area (Å²) in [4.78, 5) is 22.5. The summed E-state index contributed by atoms with van der Waals surface area (Å²) in [6.45, 7) is 1.72.